The number of amides is 1. The zero-order valence-electron chi connectivity index (χ0n) is 12.6. The predicted molar refractivity (Wildman–Crippen MR) is 80.3 cm³/mol. The lowest BCUT2D eigenvalue weighted by molar-refractivity contribution is -0.129. The lowest BCUT2D eigenvalue weighted by atomic mass is 10.0. The van der Waals surface area contributed by atoms with E-state index in [2.05, 4.69) is 4.98 Å². The fraction of sp³-hybridized carbons (Fsp3) is 0.294. The summed E-state index contributed by atoms with van der Waals surface area (Å²) in [6, 6.07) is 6.45. The standard InChI is InChI=1S/C17H19FN2O/c1-12-4-5-16(18)8-15(12)9-17(21)20(3)11-14-6-7-19-10-13(14)2/h4-8,10H,9,11H2,1-3H3. The van der Waals surface area contributed by atoms with E-state index in [4.69, 9.17) is 0 Å². The molecule has 1 heterocycles. The van der Waals surface area contributed by atoms with E-state index in [1.807, 2.05) is 19.9 Å². The van der Waals surface area contributed by atoms with Crippen LogP contribution in [0.2, 0.25) is 0 Å². The first-order chi connectivity index (χ1) is 9.97. The van der Waals surface area contributed by atoms with Gasteiger partial charge in [0.2, 0.25) is 5.91 Å². The zero-order chi connectivity index (χ0) is 15.4. The monoisotopic (exact) mass is 286 g/mol. The van der Waals surface area contributed by atoms with Gasteiger partial charge in [0, 0.05) is 26.0 Å². The average molecular weight is 286 g/mol. The average Bonchev–Trinajstić information content (AvgIpc) is 2.45. The predicted octanol–water partition coefficient (Wildman–Crippen LogP) is 3.04. The molecule has 0 N–H and O–H groups in total. The van der Waals surface area contributed by atoms with Gasteiger partial charge in [-0.3, -0.25) is 9.78 Å². The van der Waals surface area contributed by atoms with Gasteiger partial charge in [0.05, 0.1) is 6.42 Å². The molecule has 0 aliphatic carbocycles. The molecule has 1 amide bonds. The van der Waals surface area contributed by atoms with Crippen LogP contribution in [0.15, 0.2) is 36.7 Å². The van der Waals surface area contributed by atoms with E-state index in [9.17, 15) is 9.18 Å². The summed E-state index contributed by atoms with van der Waals surface area (Å²) >= 11 is 0. The molecule has 2 rings (SSSR count). The highest BCUT2D eigenvalue weighted by molar-refractivity contribution is 5.78. The van der Waals surface area contributed by atoms with Gasteiger partial charge >= 0.3 is 0 Å². The second kappa shape index (κ2) is 6.48. The summed E-state index contributed by atoms with van der Waals surface area (Å²) in [6.07, 6.45) is 3.71. The van der Waals surface area contributed by atoms with Gasteiger partial charge in [-0.05, 0) is 54.3 Å². The molecule has 0 fully saturated rings. The molecule has 1 aromatic carbocycles. The highest BCUT2D eigenvalue weighted by Gasteiger charge is 2.13. The van der Waals surface area contributed by atoms with Crippen LogP contribution in [0, 0.1) is 19.7 Å². The maximum absolute atomic E-state index is 13.3. The van der Waals surface area contributed by atoms with Gasteiger partial charge < -0.3 is 4.90 Å². The van der Waals surface area contributed by atoms with Crippen molar-refractivity contribution in [1.82, 2.24) is 9.88 Å². The van der Waals surface area contributed by atoms with Crippen LogP contribution in [0.5, 0.6) is 0 Å². The quantitative estimate of drug-likeness (QED) is 0.865. The molecule has 1 aromatic heterocycles. The molecule has 0 bridgehead atoms. The summed E-state index contributed by atoms with van der Waals surface area (Å²) < 4.78 is 13.3. The molecule has 4 heteroatoms. The minimum absolute atomic E-state index is 0.0279. The highest BCUT2D eigenvalue weighted by Crippen LogP contribution is 2.13. The van der Waals surface area contributed by atoms with Crippen LogP contribution in [-0.2, 0) is 17.8 Å². The Balaban J connectivity index is 2.06. The molecule has 0 saturated heterocycles. The Kier molecular flexibility index (Phi) is 4.68. The fourth-order valence-corrected chi connectivity index (χ4v) is 2.15. The van der Waals surface area contributed by atoms with Gasteiger partial charge in [0.15, 0.2) is 0 Å². The summed E-state index contributed by atoms with van der Waals surface area (Å²) in [6.45, 7) is 4.38. The van der Waals surface area contributed by atoms with Crippen LogP contribution in [0.3, 0.4) is 0 Å². The molecule has 0 saturated carbocycles. The SMILES string of the molecule is Cc1ccc(F)cc1CC(=O)N(C)Cc1ccncc1C. The Hall–Kier alpha value is -2.23. The van der Waals surface area contributed by atoms with Gasteiger partial charge in [-0.2, -0.15) is 0 Å². The van der Waals surface area contributed by atoms with Crippen LogP contribution in [0.1, 0.15) is 22.3 Å². The Bertz CT molecular complexity index is 655. The van der Waals surface area contributed by atoms with Gasteiger partial charge in [-0.25, -0.2) is 4.39 Å². The van der Waals surface area contributed by atoms with Gasteiger partial charge in [0.1, 0.15) is 5.82 Å². The van der Waals surface area contributed by atoms with E-state index in [0.29, 0.717) is 6.54 Å². The van der Waals surface area contributed by atoms with Crippen molar-refractivity contribution in [2.24, 2.45) is 0 Å². The minimum Gasteiger partial charge on any atom is -0.341 e. The molecule has 110 valence electrons. The molecule has 3 nitrogen and oxygen atoms in total. The minimum atomic E-state index is -0.309. The van der Waals surface area contributed by atoms with Crippen molar-refractivity contribution in [3.05, 3.63) is 64.7 Å². The van der Waals surface area contributed by atoms with E-state index < -0.39 is 0 Å². The lowest BCUT2D eigenvalue weighted by Gasteiger charge is -2.19. The summed E-state index contributed by atoms with van der Waals surface area (Å²) in [5.41, 5.74) is 3.78. The maximum Gasteiger partial charge on any atom is 0.227 e. The number of hydrogen-bond donors (Lipinski definition) is 0. The molecular weight excluding hydrogens is 267 g/mol. The maximum atomic E-state index is 13.3. The number of likely N-dealkylation sites (N-methyl/N-ethyl adjacent to an activating group) is 1. The van der Waals surface area contributed by atoms with Crippen molar-refractivity contribution in [3.63, 3.8) is 0 Å². The summed E-state index contributed by atoms with van der Waals surface area (Å²) in [5.74, 6) is -0.337. The lowest BCUT2D eigenvalue weighted by Crippen LogP contribution is -2.28. The highest BCUT2D eigenvalue weighted by atomic mass is 19.1. The molecule has 0 aliphatic heterocycles. The van der Waals surface area contributed by atoms with E-state index in [0.717, 1.165) is 22.3 Å². The number of aromatic nitrogens is 1. The molecule has 2 aromatic rings. The number of halogens is 1. The molecule has 0 spiro atoms. The largest absolute Gasteiger partial charge is 0.341 e. The summed E-state index contributed by atoms with van der Waals surface area (Å²) in [7, 11) is 1.76. The Morgan fingerprint density at radius 1 is 1.19 bits per heavy atom. The Morgan fingerprint density at radius 3 is 2.67 bits per heavy atom. The number of nitrogens with zero attached hydrogens (tertiary/aromatic N) is 2. The number of benzene rings is 1. The van der Waals surface area contributed by atoms with Crippen molar-refractivity contribution in [3.8, 4) is 0 Å². The van der Waals surface area contributed by atoms with Crippen LogP contribution < -0.4 is 0 Å². The second-order valence-corrected chi connectivity index (χ2v) is 5.30. The molecule has 0 atom stereocenters. The third kappa shape index (κ3) is 3.88. The van der Waals surface area contributed by atoms with Crippen molar-refractivity contribution < 1.29 is 9.18 Å². The smallest absolute Gasteiger partial charge is 0.227 e. The van der Waals surface area contributed by atoms with E-state index >= 15 is 0 Å². The normalized spacial score (nSPS) is 10.5. The molecule has 0 aliphatic rings. The molecule has 21 heavy (non-hydrogen) atoms. The van der Waals surface area contributed by atoms with E-state index in [1.54, 1.807) is 30.4 Å². The Morgan fingerprint density at radius 2 is 1.95 bits per heavy atom. The van der Waals surface area contributed by atoms with Crippen molar-refractivity contribution in [2.75, 3.05) is 7.05 Å². The van der Waals surface area contributed by atoms with Gasteiger partial charge in [-0.15, -0.1) is 0 Å². The number of carbonyl (C=O) groups is 1. The van der Waals surface area contributed by atoms with Crippen LogP contribution in [0.25, 0.3) is 0 Å². The van der Waals surface area contributed by atoms with Crippen molar-refractivity contribution in [1.29, 1.82) is 0 Å². The summed E-state index contributed by atoms with van der Waals surface area (Å²) in [5, 5.41) is 0. The number of aryl methyl sites for hydroxylation is 2. The third-order valence-electron chi connectivity index (χ3n) is 3.62. The molecule has 0 radical (unpaired) electrons. The van der Waals surface area contributed by atoms with Gasteiger partial charge in [0.25, 0.3) is 0 Å². The van der Waals surface area contributed by atoms with Crippen LogP contribution >= 0.6 is 0 Å². The zero-order valence-corrected chi connectivity index (χ0v) is 12.6. The molecular formula is C17H19FN2O. The van der Waals surface area contributed by atoms with E-state index in [1.165, 1.54) is 12.1 Å². The first kappa shape index (κ1) is 15.2. The first-order valence-electron chi connectivity index (χ1n) is 6.86. The molecule has 0 unspecified atom stereocenters. The first-order valence-corrected chi connectivity index (χ1v) is 6.86. The van der Waals surface area contributed by atoms with Crippen LogP contribution in [0.4, 0.5) is 4.39 Å². The third-order valence-corrected chi connectivity index (χ3v) is 3.62. The van der Waals surface area contributed by atoms with Crippen LogP contribution in [-0.4, -0.2) is 22.8 Å². The number of hydrogen-bond acceptors (Lipinski definition) is 2. The topological polar surface area (TPSA) is 33.2 Å². The summed E-state index contributed by atoms with van der Waals surface area (Å²) in [4.78, 5) is 18.0. The number of rotatable bonds is 4. The number of carbonyl (C=O) groups excluding carboxylic acids is 1. The van der Waals surface area contributed by atoms with Crippen molar-refractivity contribution in [2.45, 2.75) is 26.8 Å². The Labute approximate surface area is 124 Å². The second-order valence-electron chi connectivity index (χ2n) is 5.30. The van der Waals surface area contributed by atoms with Crippen molar-refractivity contribution >= 4 is 5.91 Å². The number of pyridine rings is 1. The van der Waals surface area contributed by atoms with Gasteiger partial charge in [-0.1, -0.05) is 6.07 Å². The van der Waals surface area contributed by atoms with E-state index in [-0.39, 0.29) is 18.1 Å². The fourth-order valence-electron chi connectivity index (χ4n) is 2.15.